The lowest BCUT2D eigenvalue weighted by Crippen LogP contribution is -2.17. The summed E-state index contributed by atoms with van der Waals surface area (Å²) in [7, 11) is 1.65. The molecule has 2 aliphatic rings. The fraction of sp³-hybridized carbons (Fsp3) is 0.381. The predicted octanol–water partition coefficient (Wildman–Crippen LogP) is 4.95. The fourth-order valence-electron chi connectivity index (χ4n) is 3.91. The normalized spacial score (nSPS) is 19.3. The standard InChI is InChI=1S/C21H22ClNO3/c1-25-19-8-4-5-13(20(19)26-15-6-2-3-7-15)11-17-16-12-14(22)9-10-18(16)23-21(17)24/h4-5,8-10,12,15,17H,2-3,6-7,11H2,1H3,(H,23,24). The molecule has 0 saturated heterocycles. The van der Waals surface area contributed by atoms with E-state index in [4.69, 9.17) is 21.1 Å². The third-order valence-corrected chi connectivity index (χ3v) is 5.49. The van der Waals surface area contributed by atoms with Crippen LogP contribution in [0.5, 0.6) is 11.5 Å². The Kier molecular flexibility index (Phi) is 4.77. The minimum atomic E-state index is -0.276. The number of hydrogen-bond acceptors (Lipinski definition) is 3. The number of fused-ring (bicyclic) bond motifs is 1. The van der Waals surface area contributed by atoms with Crippen LogP contribution in [-0.4, -0.2) is 19.1 Å². The number of carbonyl (C=O) groups excluding carboxylic acids is 1. The molecule has 1 fully saturated rings. The number of para-hydroxylation sites is 1. The number of anilines is 1. The summed E-state index contributed by atoms with van der Waals surface area (Å²) >= 11 is 6.15. The van der Waals surface area contributed by atoms with E-state index in [9.17, 15) is 4.79 Å². The number of amides is 1. The zero-order valence-corrected chi connectivity index (χ0v) is 15.5. The van der Waals surface area contributed by atoms with Gasteiger partial charge < -0.3 is 14.8 Å². The quantitative estimate of drug-likeness (QED) is 0.809. The van der Waals surface area contributed by atoms with Gasteiger partial charge in [-0.1, -0.05) is 23.7 Å². The van der Waals surface area contributed by atoms with Crippen LogP contribution in [0.4, 0.5) is 5.69 Å². The van der Waals surface area contributed by atoms with E-state index in [1.54, 1.807) is 13.2 Å². The lowest BCUT2D eigenvalue weighted by molar-refractivity contribution is -0.117. The summed E-state index contributed by atoms with van der Waals surface area (Å²) in [6, 6.07) is 11.4. The molecule has 4 rings (SSSR count). The van der Waals surface area contributed by atoms with Gasteiger partial charge in [0.2, 0.25) is 5.91 Å². The van der Waals surface area contributed by atoms with E-state index < -0.39 is 0 Å². The second-order valence-corrected chi connectivity index (χ2v) is 7.39. The summed E-state index contributed by atoms with van der Waals surface area (Å²) in [4.78, 5) is 12.5. The number of halogens is 1. The maximum atomic E-state index is 12.5. The van der Waals surface area contributed by atoms with Crippen LogP contribution < -0.4 is 14.8 Å². The average Bonchev–Trinajstić information content (AvgIpc) is 3.25. The van der Waals surface area contributed by atoms with Crippen LogP contribution in [-0.2, 0) is 11.2 Å². The molecule has 0 spiro atoms. The van der Waals surface area contributed by atoms with Gasteiger partial charge in [-0.05, 0) is 67.5 Å². The summed E-state index contributed by atoms with van der Waals surface area (Å²) in [6.07, 6.45) is 5.32. The fourth-order valence-corrected chi connectivity index (χ4v) is 4.09. The van der Waals surface area contributed by atoms with E-state index in [0.717, 1.165) is 41.2 Å². The first-order chi connectivity index (χ1) is 12.7. The molecule has 5 heteroatoms. The highest BCUT2D eigenvalue weighted by Crippen LogP contribution is 2.41. The zero-order chi connectivity index (χ0) is 18.1. The summed E-state index contributed by atoms with van der Waals surface area (Å²) in [5.41, 5.74) is 2.77. The summed E-state index contributed by atoms with van der Waals surface area (Å²) in [6.45, 7) is 0. The number of ether oxygens (including phenoxy) is 2. The Bertz CT molecular complexity index is 830. The van der Waals surface area contributed by atoms with Gasteiger partial charge in [0.15, 0.2) is 11.5 Å². The maximum absolute atomic E-state index is 12.5. The van der Waals surface area contributed by atoms with E-state index >= 15 is 0 Å². The summed E-state index contributed by atoms with van der Waals surface area (Å²) in [5.74, 6) is 1.21. The van der Waals surface area contributed by atoms with Crippen molar-refractivity contribution in [3.8, 4) is 11.5 Å². The van der Waals surface area contributed by atoms with Gasteiger partial charge in [-0.3, -0.25) is 4.79 Å². The number of carbonyl (C=O) groups is 1. The molecule has 1 saturated carbocycles. The largest absolute Gasteiger partial charge is 0.493 e. The Morgan fingerprint density at radius 3 is 2.77 bits per heavy atom. The van der Waals surface area contributed by atoms with Crippen molar-refractivity contribution in [2.45, 2.75) is 44.1 Å². The Morgan fingerprint density at radius 1 is 1.19 bits per heavy atom. The highest BCUT2D eigenvalue weighted by molar-refractivity contribution is 6.31. The molecule has 1 atom stereocenters. The molecule has 1 N–H and O–H groups in total. The molecule has 136 valence electrons. The minimum Gasteiger partial charge on any atom is -0.493 e. The zero-order valence-electron chi connectivity index (χ0n) is 14.8. The molecule has 1 unspecified atom stereocenters. The van der Waals surface area contributed by atoms with E-state index in [1.165, 1.54) is 12.8 Å². The molecule has 2 aromatic carbocycles. The molecule has 26 heavy (non-hydrogen) atoms. The van der Waals surface area contributed by atoms with E-state index in [1.807, 2.05) is 30.3 Å². The van der Waals surface area contributed by atoms with E-state index in [-0.39, 0.29) is 17.9 Å². The van der Waals surface area contributed by atoms with E-state index in [2.05, 4.69) is 5.32 Å². The van der Waals surface area contributed by atoms with Gasteiger partial charge in [-0.25, -0.2) is 0 Å². The lowest BCUT2D eigenvalue weighted by atomic mass is 9.92. The first-order valence-corrected chi connectivity index (χ1v) is 9.46. The molecule has 1 aliphatic carbocycles. The van der Waals surface area contributed by atoms with Crippen LogP contribution in [0.3, 0.4) is 0 Å². The first-order valence-electron chi connectivity index (χ1n) is 9.08. The molecule has 0 bridgehead atoms. The van der Waals surface area contributed by atoms with Crippen LogP contribution in [0.2, 0.25) is 5.02 Å². The summed E-state index contributed by atoms with van der Waals surface area (Å²) in [5, 5.41) is 3.58. The van der Waals surface area contributed by atoms with Crippen molar-refractivity contribution in [1.82, 2.24) is 0 Å². The number of benzene rings is 2. The Hall–Kier alpha value is -2.20. The molecule has 0 radical (unpaired) electrons. The second-order valence-electron chi connectivity index (χ2n) is 6.95. The lowest BCUT2D eigenvalue weighted by Gasteiger charge is -2.20. The molecule has 4 nitrogen and oxygen atoms in total. The molecule has 0 aromatic heterocycles. The maximum Gasteiger partial charge on any atom is 0.232 e. The van der Waals surface area contributed by atoms with Crippen LogP contribution in [0.1, 0.15) is 42.7 Å². The van der Waals surface area contributed by atoms with E-state index in [0.29, 0.717) is 11.4 Å². The highest BCUT2D eigenvalue weighted by atomic mass is 35.5. The van der Waals surface area contributed by atoms with Crippen molar-refractivity contribution in [2.24, 2.45) is 0 Å². The topological polar surface area (TPSA) is 47.6 Å². The monoisotopic (exact) mass is 371 g/mol. The smallest absolute Gasteiger partial charge is 0.232 e. The van der Waals surface area contributed by atoms with Crippen molar-refractivity contribution < 1.29 is 14.3 Å². The first kappa shape index (κ1) is 17.2. The van der Waals surface area contributed by atoms with Crippen LogP contribution in [0.25, 0.3) is 0 Å². The Labute approximate surface area is 158 Å². The third-order valence-electron chi connectivity index (χ3n) is 5.25. The highest BCUT2D eigenvalue weighted by Gasteiger charge is 2.32. The van der Waals surface area contributed by atoms with Crippen molar-refractivity contribution in [2.75, 3.05) is 12.4 Å². The number of rotatable bonds is 5. The van der Waals surface area contributed by atoms with Crippen LogP contribution >= 0.6 is 11.6 Å². The van der Waals surface area contributed by atoms with Crippen molar-refractivity contribution in [1.29, 1.82) is 0 Å². The molecule has 1 amide bonds. The molecule has 2 aromatic rings. The van der Waals surface area contributed by atoms with Gasteiger partial charge in [-0.15, -0.1) is 0 Å². The van der Waals surface area contributed by atoms with Crippen molar-refractivity contribution >= 4 is 23.2 Å². The minimum absolute atomic E-state index is 0.00287. The predicted molar refractivity (Wildman–Crippen MR) is 102 cm³/mol. The molecular formula is C21H22ClNO3. The van der Waals surface area contributed by atoms with Crippen molar-refractivity contribution in [3.63, 3.8) is 0 Å². The van der Waals surface area contributed by atoms with Gasteiger partial charge in [0.1, 0.15) is 0 Å². The van der Waals surface area contributed by atoms with Gasteiger partial charge in [0.05, 0.1) is 19.1 Å². The van der Waals surface area contributed by atoms with Crippen LogP contribution in [0, 0.1) is 0 Å². The third kappa shape index (κ3) is 3.26. The Morgan fingerprint density at radius 2 is 2.00 bits per heavy atom. The van der Waals surface area contributed by atoms with Gasteiger partial charge >= 0.3 is 0 Å². The average molecular weight is 372 g/mol. The SMILES string of the molecule is COc1cccc(CC2C(=O)Nc3ccc(Cl)cc32)c1OC1CCCC1. The molecule has 1 heterocycles. The van der Waals surface area contributed by atoms with Crippen LogP contribution in [0.15, 0.2) is 36.4 Å². The van der Waals surface area contributed by atoms with Crippen molar-refractivity contribution in [3.05, 3.63) is 52.5 Å². The number of nitrogens with one attached hydrogen (secondary N) is 1. The Balaban J connectivity index is 1.66. The second kappa shape index (κ2) is 7.20. The molecular weight excluding hydrogens is 350 g/mol. The number of hydrogen-bond donors (Lipinski definition) is 1. The summed E-state index contributed by atoms with van der Waals surface area (Å²) < 4.78 is 11.8. The number of methoxy groups -OCH3 is 1. The van der Waals surface area contributed by atoms with Gasteiger partial charge in [0.25, 0.3) is 0 Å². The van der Waals surface area contributed by atoms with Gasteiger partial charge in [-0.2, -0.15) is 0 Å². The van der Waals surface area contributed by atoms with Gasteiger partial charge in [0, 0.05) is 10.7 Å². The molecule has 1 aliphatic heterocycles.